The van der Waals surface area contributed by atoms with E-state index in [0.29, 0.717) is 0 Å². The van der Waals surface area contributed by atoms with Crippen molar-refractivity contribution < 1.29 is 46.2 Å². The molecule has 0 aliphatic rings. The second kappa shape index (κ2) is 11.8. The van der Waals surface area contributed by atoms with Gasteiger partial charge in [-0.1, -0.05) is 18.2 Å². The smallest absolute Gasteiger partial charge is 0.429 e. The molecule has 196 valence electrons. The van der Waals surface area contributed by atoms with Crippen LogP contribution in [-0.2, 0) is 14.3 Å². The molecule has 0 radical (unpaired) electrons. The van der Waals surface area contributed by atoms with E-state index in [0.717, 1.165) is 31.5 Å². The number of esters is 1. The maximum atomic E-state index is 13.9. The maximum Gasteiger partial charge on any atom is 0.429 e. The summed E-state index contributed by atoms with van der Waals surface area (Å²) >= 11 is 0. The van der Waals surface area contributed by atoms with Crippen LogP contribution in [0.15, 0.2) is 42.6 Å². The Hall–Kier alpha value is -3.70. The molecule has 1 aromatic heterocycles. The van der Waals surface area contributed by atoms with Crippen molar-refractivity contribution in [3.63, 3.8) is 0 Å². The number of halogens is 4. The lowest BCUT2D eigenvalue weighted by atomic mass is 10.0. The van der Waals surface area contributed by atoms with Gasteiger partial charge in [0.2, 0.25) is 12.0 Å². The van der Waals surface area contributed by atoms with Crippen LogP contribution in [0.4, 0.5) is 22.4 Å². The molecular weight excluding hydrogens is 488 g/mol. The van der Waals surface area contributed by atoms with E-state index < -0.39 is 59.0 Å². The van der Waals surface area contributed by atoms with Gasteiger partial charge in [-0.2, -0.15) is 13.2 Å². The normalized spacial score (nSPS) is 13.3. The van der Waals surface area contributed by atoms with E-state index in [9.17, 15) is 31.9 Å². The van der Waals surface area contributed by atoms with Crippen molar-refractivity contribution >= 4 is 17.8 Å². The first kappa shape index (κ1) is 28.5. The van der Waals surface area contributed by atoms with Gasteiger partial charge in [0.1, 0.15) is 17.5 Å². The van der Waals surface area contributed by atoms with E-state index in [2.05, 4.69) is 15.0 Å². The fourth-order valence-corrected chi connectivity index (χ4v) is 2.99. The molecule has 36 heavy (non-hydrogen) atoms. The number of rotatable bonds is 9. The number of ketones is 1. The number of carbonyl (C=O) groups excluding carboxylic acids is 3. The number of methoxy groups -OCH3 is 1. The van der Waals surface area contributed by atoms with Crippen LogP contribution in [0, 0.1) is 5.82 Å². The number of nitrogens with one attached hydrogen (secondary N) is 1. The van der Waals surface area contributed by atoms with Crippen LogP contribution in [-0.4, -0.2) is 47.8 Å². The average Bonchev–Trinajstić information content (AvgIpc) is 2.78. The maximum absolute atomic E-state index is 13.9. The Morgan fingerprint density at radius 1 is 1.06 bits per heavy atom. The molecule has 0 saturated carbocycles. The Labute approximate surface area is 204 Å². The summed E-state index contributed by atoms with van der Waals surface area (Å²) in [6, 6.07) is 5.39. The first-order chi connectivity index (χ1) is 16.7. The van der Waals surface area contributed by atoms with E-state index >= 15 is 0 Å². The number of Topliss-reactive ketones (excluding diaryl/α,β-unsaturated/α-hetero) is 1. The molecule has 0 aliphatic heterocycles. The lowest BCUT2D eigenvalue weighted by Gasteiger charge is -2.22. The fourth-order valence-electron chi connectivity index (χ4n) is 2.99. The van der Waals surface area contributed by atoms with Crippen molar-refractivity contribution in [2.75, 3.05) is 7.11 Å². The number of ether oxygens (including phenoxy) is 3. The number of amides is 1. The molecule has 1 heterocycles. The molecular formula is C24H26F4N2O6. The summed E-state index contributed by atoms with van der Waals surface area (Å²) in [5.74, 6) is -2.86. The van der Waals surface area contributed by atoms with Gasteiger partial charge < -0.3 is 19.5 Å². The molecule has 2 aromatic rings. The summed E-state index contributed by atoms with van der Waals surface area (Å²) in [7, 11) is 1.12. The quantitative estimate of drug-likeness (QED) is 0.287. The van der Waals surface area contributed by atoms with Crippen LogP contribution in [0.25, 0.3) is 0 Å². The van der Waals surface area contributed by atoms with Gasteiger partial charge in [-0.05, 0) is 39.3 Å². The molecule has 0 spiro atoms. The van der Waals surface area contributed by atoms with Crippen molar-refractivity contribution in [1.82, 2.24) is 10.3 Å². The number of pyridine rings is 1. The van der Waals surface area contributed by atoms with Gasteiger partial charge >= 0.3 is 18.2 Å². The van der Waals surface area contributed by atoms with Crippen molar-refractivity contribution in [1.29, 1.82) is 0 Å². The zero-order chi connectivity index (χ0) is 27.1. The number of alkyl carbamates (subject to hydrolysis) is 1. The third-order valence-electron chi connectivity index (χ3n) is 4.62. The topological polar surface area (TPSA) is 104 Å². The molecule has 1 aromatic carbocycles. The number of aromatic nitrogens is 1. The number of alkyl halides is 3. The lowest BCUT2D eigenvalue weighted by Crippen LogP contribution is -2.44. The molecule has 1 N–H and O–H groups in total. The van der Waals surface area contributed by atoms with Crippen LogP contribution < -0.4 is 10.1 Å². The summed E-state index contributed by atoms with van der Waals surface area (Å²) < 4.78 is 69.0. The van der Waals surface area contributed by atoms with Crippen molar-refractivity contribution in [3.05, 3.63) is 59.5 Å². The second-order valence-electron chi connectivity index (χ2n) is 8.63. The molecule has 1 amide bonds. The first-order valence-electron chi connectivity index (χ1n) is 10.8. The summed E-state index contributed by atoms with van der Waals surface area (Å²) in [4.78, 5) is 40.2. The van der Waals surface area contributed by atoms with Gasteiger partial charge in [-0.3, -0.25) is 4.79 Å². The third-order valence-corrected chi connectivity index (χ3v) is 4.62. The summed E-state index contributed by atoms with van der Waals surface area (Å²) in [5.41, 5.74) is -1.50. The Morgan fingerprint density at radius 3 is 2.25 bits per heavy atom. The molecule has 0 aliphatic carbocycles. The number of benzene rings is 1. The molecule has 8 nitrogen and oxygen atoms in total. The third kappa shape index (κ3) is 8.51. The van der Waals surface area contributed by atoms with Gasteiger partial charge in [0, 0.05) is 29.8 Å². The average molecular weight is 514 g/mol. The van der Waals surface area contributed by atoms with Crippen LogP contribution in [0.2, 0.25) is 0 Å². The highest BCUT2D eigenvalue weighted by Gasteiger charge is 2.44. The fraction of sp³-hybridized carbons (Fsp3) is 0.417. The molecule has 0 bridgehead atoms. The predicted octanol–water partition coefficient (Wildman–Crippen LogP) is 4.93. The highest BCUT2D eigenvalue weighted by Crippen LogP contribution is 2.37. The van der Waals surface area contributed by atoms with Crippen LogP contribution in [0.1, 0.15) is 55.6 Å². The monoisotopic (exact) mass is 514 g/mol. The number of hydrogen-bond donors (Lipinski definition) is 1. The molecule has 0 fully saturated rings. The lowest BCUT2D eigenvalue weighted by molar-refractivity contribution is -0.199. The van der Waals surface area contributed by atoms with Gasteiger partial charge in [-0.15, -0.1) is 0 Å². The standard InChI is InChI=1S/C24H26F4N2O6/c1-23(2,3)36-22(33)30-17(21(32)34-4)10-11-18(31)14-9-12-19(29-13-14)35-20(24(26,27)28)15-7-5-6-8-16(15)25/h5-9,12-13,17,20H,10-11H2,1-4H3,(H,30,33)/t17-,20?/m0/s1. The number of hydrogen-bond acceptors (Lipinski definition) is 7. The van der Waals surface area contributed by atoms with Crippen LogP contribution >= 0.6 is 0 Å². The van der Waals surface area contributed by atoms with E-state index in [1.807, 2.05) is 0 Å². The molecule has 1 unspecified atom stereocenters. The largest absolute Gasteiger partial charge is 0.467 e. The molecule has 0 saturated heterocycles. The van der Waals surface area contributed by atoms with E-state index in [1.54, 1.807) is 20.8 Å². The van der Waals surface area contributed by atoms with E-state index in [-0.39, 0.29) is 18.4 Å². The predicted molar refractivity (Wildman–Crippen MR) is 119 cm³/mol. The summed E-state index contributed by atoms with van der Waals surface area (Å²) in [6.45, 7) is 4.91. The minimum Gasteiger partial charge on any atom is -0.467 e. The zero-order valence-electron chi connectivity index (χ0n) is 20.0. The Bertz CT molecular complexity index is 1070. The molecule has 2 atom stereocenters. The molecule has 2 rings (SSSR count). The van der Waals surface area contributed by atoms with Gasteiger partial charge in [0.05, 0.1) is 7.11 Å². The van der Waals surface area contributed by atoms with Gasteiger partial charge in [0.15, 0.2) is 5.78 Å². The Kier molecular flexibility index (Phi) is 9.37. The number of carbonyl (C=O) groups is 3. The van der Waals surface area contributed by atoms with E-state index in [4.69, 9.17) is 9.47 Å². The SMILES string of the molecule is COC(=O)[C@H](CCC(=O)c1ccc(OC(c2ccccc2F)C(F)(F)F)nc1)NC(=O)OC(C)(C)C. The van der Waals surface area contributed by atoms with Crippen molar-refractivity contribution in [3.8, 4) is 5.88 Å². The highest BCUT2D eigenvalue weighted by molar-refractivity contribution is 5.96. The van der Waals surface area contributed by atoms with Gasteiger partial charge in [-0.25, -0.2) is 19.0 Å². The minimum absolute atomic E-state index is 0.0256. The first-order valence-corrected chi connectivity index (χ1v) is 10.8. The summed E-state index contributed by atoms with van der Waals surface area (Å²) in [6.07, 6.45) is -7.76. The minimum atomic E-state index is -4.93. The van der Waals surface area contributed by atoms with Crippen molar-refractivity contribution in [2.24, 2.45) is 0 Å². The molecule has 12 heteroatoms. The zero-order valence-corrected chi connectivity index (χ0v) is 20.0. The van der Waals surface area contributed by atoms with Crippen LogP contribution in [0.5, 0.6) is 5.88 Å². The highest BCUT2D eigenvalue weighted by atomic mass is 19.4. The second-order valence-corrected chi connectivity index (χ2v) is 8.63. The summed E-state index contributed by atoms with van der Waals surface area (Å²) in [5, 5.41) is 2.34. The van der Waals surface area contributed by atoms with Crippen LogP contribution in [0.3, 0.4) is 0 Å². The Morgan fingerprint density at radius 2 is 1.72 bits per heavy atom. The number of nitrogens with zero attached hydrogens (tertiary/aromatic N) is 1. The van der Waals surface area contributed by atoms with Gasteiger partial charge in [0.25, 0.3) is 0 Å². The van der Waals surface area contributed by atoms with Crippen molar-refractivity contribution in [2.45, 2.75) is 57.5 Å². The van der Waals surface area contributed by atoms with E-state index in [1.165, 1.54) is 18.2 Å². The Balaban J connectivity index is 2.07.